The van der Waals surface area contributed by atoms with Gasteiger partial charge in [0.15, 0.2) is 10.9 Å². The number of benzene rings is 1. The lowest BCUT2D eigenvalue weighted by Crippen LogP contribution is -2.18. The zero-order valence-corrected chi connectivity index (χ0v) is 18.9. The fraction of sp³-hybridized carbons (Fsp3) is 0.217. The highest BCUT2D eigenvalue weighted by atomic mass is 32.1. The minimum atomic E-state index is -4.86. The number of hydrogen-bond donors (Lipinski definition) is 1. The van der Waals surface area contributed by atoms with Gasteiger partial charge in [0.1, 0.15) is 5.69 Å². The molecule has 1 amide bonds. The summed E-state index contributed by atoms with van der Waals surface area (Å²) >= 11 is 1.26. The van der Waals surface area contributed by atoms with Gasteiger partial charge in [0.2, 0.25) is 5.91 Å². The van der Waals surface area contributed by atoms with Crippen LogP contribution >= 0.6 is 11.3 Å². The standard InChI is InChI=1S/C23H18F3N5O2S/c1-12-7-8-14(11-27-12)19-15-9-10-16-21(34-22(29-16)28-13(2)32)20(15)31(30-19)17-5-3-4-6-18(17)33-23(24,25)26/h3-8,11H,9-10H2,1-2H3,(H,28,29,32). The number of carbonyl (C=O) groups is 1. The molecule has 3 heterocycles. The van der Waals surface area contributed by atoms with Gasteiger partial charge in [-0.25, -0.2) is 9.67 Å². The Labute approximate surface area is 196 Å². The predicted octanol–water partition coefficient (Wildman–Crippen LogP) is 5.32. The number of para-hydroxylation sites is 2. The smallest absolute Gasteiger partial charge is 0.403 e. The number of fused-ring (bicyclic) bond motifs is 3. The maximum atomic E-state index is 13.1. The topological polar surface area (TPSA) is 81.9 Å². The van der Waals surface area contributed by atoms with Crippen LogP contribution in [0.3, 0.4) is 0 Å². The van der Waals surface area contributed by atoms with Crippen LogP contribution in [0.25, 0.3) is 27.5 Å². The van der Waals surface area contributed by atoms with Crippen LogP contribution in [-0.2, 0) is 17.6 Å². The predicted molar refractivity (Wildman–Crippen MR) is 121 cm³/mol. The summed E-state index contributed by atoms with van der Waals surface area (Å²) in [4.78, 5) is 21.2. The molecule has 0 saturated carbocycles. The Morgan fingerprint density at radius 3 is 2.68 bits per heavy atom. The third-order valence-corrected chi connectivity index (χ3v) is 6.31. The van der Waals surface area contributed by atoms with Gasteiger partial charge in [-0.1, -0.05) is 23.5 Å². The highest BCUT2D eigenvalue weighted by molar-refractivity contribution is 7.19. The highest BCUT2D eigenvalue weighted by Gasteiger charge is 2.34. The van der Waals surface area contributed by atoms with Crippen molar-refractivity contribution in [2.75, 3.05) is 5.32 Å². The van der Waals surface area contributed by atoms with Crippen LogP contribution in [0.1, 0.15) is 23.9 Å². The van der Waals surface area contributed by atoms with Crippen molar-refractivity contribution in [3.63, 3.8) is 0 Å². The number of halogens is 3. The van der Waals surface area contributed by atoms with E-state index in [0.29, 0.717) is 29.4 Å². The molecule has 0 unspecified atom stereocenters. The van der Waals surface area contributed by atoms with Gasteiger partial charge >= 0.3 is 6.36 Å². The molecule has 1 aliphatic rings. The van der Waals surface area contributed by atoms with E-state index in [9.17, 15) is 18.0 Å². The van der Waals surface area contributed by atoms with Crippen LogP contribution in [0, 0.1) is 6.92 Å². The zero-order chi connectivity index (χ0) is 24.0. The molecule has 5 rings (SSSR count). The summed E-state index contributed by atoms with van der Waals surface area (Å²) in [6.45, 7) is 3.26. The van der Waals surface area contributed by atoms with E-state index in [4.69, 9.17) is 5.10 Å². The normalized spacial score (nSPS) is 12.7. The van der Waals surface area contributed by atoms with E-state index in [1.54, 1.807) is 12.3 Å². The number of pyridine rings is 1. The Bertz CT molecular complexity index is 1390. The van der Waals surface area contributed by atoms with E-state index in [2.05, 4.69) is 20.0 Å². The quantitative estimate of drug-likeness (QED) is 0.423. The van der Waals surface area contributed by atoms with Gasteiger partial charge < -0.3 is 10.1 Å². The number of amides is 1. The summed E-state index contributed by atoms with van der Waals surface area (Å²) in [7, 11) is 0. The first-order valence-corrected chi connectivity index (χ1v) is 11.2. The summed E-state index contributed by atoms with van der Waals surface area (Å²) in [6.07, 6.45) is -1.97. The first-order chi connectivity index (χ1) is 16.2. The molecule has 1 aromatic carbocycles. The number of nitrogens with zero attached hydrogens (tertiary/aromatic N) is 4. The maximum Gasteiger partial charge on any atom is 0.573 e. The Morgan fingerprint density at radius 1 is 1.18 bits per heavy atom. The molecule has 0 fully saturated rings. The molecule has 0 saturated heterocycles. The number of anilines is 1. The second-order valence-corrected chi connectivity index (χ2v) is 8.77. The Hall–Kier alpha value is -3.73. The number of aryl methyl sites for hydroxylation is 2. The molecule has 0 spiro atoms. The van der Waals surface area contributed by atoms with Crippen LogP contribution in [-0.4, -0.2) is 32.0 Å². The lowest BCUT2D eigenvalue weighted by atomic mass is 9.95. The number of alkyl halides is 3. The van der Waals surface area contributed by atoms with Crippen molar-refractivity contribution in [3.05, 3.63) is 59.5 Å². The summed E-state index contributed by atoms with van der Waals surface area (Å²) in [6, 6.07) is 9.62. The lowest BCUT2D eigenvalue weighted by molar-refractivity contribution is -0.274. The van der Waals surface area contributed by atoms with Crippen LogP contribution < -0.4 is 10.1 Å². The molecule has 0 bridgehead atoms. The van der Waals surface area contributed by atoms with Crippen molar-refractivity contribution in [2.45, 2.75) is 33.1 Å². The van der Waals surface area contributed by atoms with Crippen molar-refractivity contribution in [2.24, 2.45) is 0 Å². The van der Waals surface area contributed by atoms with E-state index in [-0.39, 0.29) is 17.3 Å². The molecule has 3 aromatic heterocycles. The molecule has 0 atom stereocenters. The van der Waals surface area contributed by atoms with Crippen LogP contribution in [0.2, 0.25) is 0 Å². The van der Waals surface area contributed by atoms with Gasteiger partial charge in [-0.3, -0.25) is 9.78 Å². The van der Waals surface area contributed by atoms with Crippen LogP contribution in [0.4, 0.5) is 18.3 Å². The largest absolute Gasteiger partial charge is 0.573 e. The van der Waals surface area contributed by atoms with Crippen molar-refractivity contribution in [1.82, 2.24) is 19.7 Å². The van der Waals surface area contributed by atoms with Gasteiger partial charge in [0.25, 0.3) is 0 Å². The molecule has 0 aliphatic heterocycles. The summed E-state index contributed by atoms with van der Waals surface area (Å²) < 4.78 is 45.2. The van der Waals surface area contributed by atoms with E-state index >= 15 is 0 Å². The van der Waals surface area contributed by atoms with Crippen LogP contribution in [0.15, 0.2) is 42.6 Å². The Morgan fingerprint density at radius 2 is 1.97 bits per heavy atom. The number of rotatable bonds is 4. The maximum absolute atomic E-state index is 13.1. The molecular weight excluding hydrogens is 467 g/mol. The second-order valence-electron chi connectivity index (χ2n) is 7.77. The van der Waals surface area contributed by atoms with Gasteiger partial charge in [-0.2, -0.15) is 5.10 Å². The third kappa shape index (κ3) is 4.14. The van der Waals surface area contributed by atoms with E-state index in [1.807, 2.05) is 19.1 Å². The molecule has 4 aromatic rings. The number of thiazole rings is 1. The van der Waals surface area contributed by atoms with Crippen LogP contribution in [0.5, 0.6) is 5.75 Å². The molecular formula is C23H18F3N5O2S. The molecule has 0 radical (unpaired) electrons. The minimum Gasteiger partial charge on any atom is -0.403 e. The van der Waals surface area contributed by atoms with E-state index in [1.165, 1.54) is 41.1 Å². The third-order valence-electron chi connectivity index (χ3n) is 5.29. The van der Waals surface area contributed by atoms with Gasteiger partial charge in [-0.05, 0) is 44.0 Å². The highest BCUT2D eigenvalue weighted by Crippen LogP contribution is 2.45. The van der Waals surface area contributed by atoms with Gasteiger partial charge in [0, 0.05) is 29.9 Å². The van der Waals surface area contributed by atoms with Gasteiger partial charge in [0.05, 0.1) is 22.0 Å². The van der Waals surface area contributed by atoms with E-state index in [0.717, 1.165) is 27.4 Å². The fourth-order valence-electron chi connectivity index (χ4n) is 3.93. The van der Waals surface area contributed by atoms with Crippen molar-refractivity contribution >= 4 is 22.4 Å². The molecule has 7 nitrogen and oxygen atoms in total. The lowest BCUT2D eigenvalue weighted by Gasteiger charge is -2.17. The first-order valence-electron chi connectivity index (χ1n) is 10.4. The molecule has 11 heteroatoms. The van der Waals surface area contributed by atoms with E-state index < -0.39 is 6.36 Å². The van der Waals surface area contributed by atoms with Gasteiger partial charge in [-0.15, -0.1) is 13.2 Å². The SMILES string of the molecule is CC(=O)Nc1nc2c(s1)-c1c(c(-c3ccc(C)nc3)nn1-c1ccccc1OC(F)(F)F)CC2. The monoisotopic (exact) mass is 485 g/mol. The number of nitrogens with one attached hydrogen (secondary N) is 1. The molecule has 1 aliphatic carbocycles. The number of aromatic nitrogens is 4. The molecule has 1 N–H and O–H groups in total. The average Bonchev–Trinajstić information content (AvgIpc) is 3.34. The fourth-order valence-corrected chi connectivity index (χ4v) is 5.05. The Balaban J connectivity index is 1.75. The Kier molecular flexibility index (Phi) is 5.35. The second kappa shape index (κ2) is 8.24. The summed E-state index contributed by atoms with van der Waals surface area (Å²) in [5, 5.41) is 7.86. The summed E-state index contributed by atoms with van der Waals surface area (Å²) in [5.41, 5.74) is 4.62. The number of hydrogen-bond acceptors (Lipinski definition) is 6. The zero-order valence-electron chi connectivity index (χ0n) is 18.1. The molecule has 34 heavy (non-hydrogen) atoms. The summed E-state index contributed by atoms with van der Waals surface area (Å²) in [5.74, 6) is -0.622. The van der Waals surface area contributed by atoms with Crippen molar-refractivity contribution in [3.8, 4) is 33.3 Å². The first kappa shape index (κ1) is 22.1. The van der Waals surface area contributed by atoms with Crippen molar-refractivity contribution in [1.29, 1.82) is 0 Å². The molecule has 174 valence electrons. The number of ether oxygens (including phenoxy) is 1. The number of carbonyl (C=O) groups excluding carboxylic acids is 1. The average molecular weight is 485 g/mol. The minimum absolute atomic E-state index is 0.143. The van der Waals surface area contributed by atoms with Crippen molar-refractivity contribution < 1.29 is 22.7 Å².